The first-order valence-electron chi connectivity index (χ1n) is 11.2. The van der Waals surface area contributed by atoms with Crippen molar-refractivity contribution in [2.75, 3.05) is 69.2 Å². The van der Waals surface area contributed by atoms with Crippen LogP contribution in [0.1, 0.15) is 10.4 Å². The van der Waals surface area contributed by atoms with Crippen molar-refractivity contribution in [3.63, 3.8) is 0 Å². The lowest BCUT2D eigenvalue weighted by molar-refractivity contribution is 0.0697. The maximum atomic E-state index is 11.9. The molecule has 3 N–H and O–H groups in total. The van der Waals surface area contributed by atoms with Gasteiger partial charge in [-0.15, -0.1) is 0 Å². The van der Waals surface area contributed by atoms with Crippen LogP contribution in [0.15, 0.2) is 36.8 Å². The quantitative estimate of drug-likeness (QED) is 0.533. The molecule has 2 aliphatic heterocycles. The average Bonchev–Trinajstić information content (AvgIpc) is 3.32. The third-order valence-electron chi connectivity index (χ3n) is 6.25. The van der Waals surface area contributed by atoms with Crippen LogP contribution in [-0.4, -0.2) is 95.3 Å². The van der Waals surface area contributed by atoms with E-state index in [1.165, 1.54) is 0 Å². The number of hydrogen-bond acceptors (Lipinski definition) is 8. The van der Waals surface area contributed by atoms with Gasteiger partial charge in [0.25, 0.3) is 0 Å². The summed E-state index contributed by atoms with van der Waals surface area (Å²) in [6.07, 6.45) is 5.33. The predicted octanol–water partition coefficient (Wildman–Crippen LogP) is 1.39. The number of carboxylic acids is 1. The molecule has 10 heteroatoms. The zero-order valence-electron chi connectivity index (χ0n) is 18.7. The van der Waals surface area contributed by atoms with Gasteiger partial charge in [0.1, 0.15) is 11.4 Å². The highest BCUT2D eigenvalue weighted by Crippen LogP contribution is 2.30. The number of aromatic carboxylic acids is 1. The molecule has 2 saturated heterocycles. The largest absolute Gasteiger partial charge is 0.478 e. The SMILES string of the molecule is CN1CCN(c2ncc(-c3cc(-c4cc(C(=O)O)c(N5CCNCC5)[nH]4)ccn3)cn2)CC1. The molecule has 0 spiro atoms. The second-order valence-corrected chi connectivity index (χ2v) is 8.48. The average molecular weight is 449 g/mol. The zero-order chi connectivity index (χ0) is 22.8. The van der Waals surface area contributed by atoms with Gasteiger partial charge in [-0.25, -0.2) is 14.8 Å². The Morgan fingerprint density at radius 1 is 0.939 bits per heavy atom. The van der Waals surface area contributed by atoms with Gasteiger partial charge in [0.2, 0.25) is 5.95 Å². The fraction of sp³-hybridized carbons (Fsp3) is 0.391. The molecule has 5 rings (SSSR count). The van der Waals surface area contributed by atoms with Crippen LogP contribution >= 0.6 is 0 Å². The summed E-state index contributed by atoms with van der Waals surface area (Å²) in [5, 5.41) is 13.0. The van der Waals surface area contributed by atoms with E-state index in [9.17, 15) is 9.90 Å². The van der Waals surface area contributed by atoms with Gasteiger partial charge < -0.3 is 30.1 Å². The highest BCUT2D eigenvalue weighted by atomic mass is 16.4. The molecule has 5 heterocycles. The molecular formula is C23H28N8O2. The Morgan fingerprint density at radius 3 is 2.36 bits per heavy atom. The lowest BCUT2D eigenvalue weighted by Gasteiger charge is -2.32. The zero-order valence-corrected chi connectivity index (χ0v) is 18.7. The molecule has 0 atom stereocenters. The highest BCUT2D eigenvalue weighted by molar-refractivity contribution is 5.96. The van der Waals surface area contributed by atoms with Crippen LogP contribution in [0.5, 0.6) is 0 Å². The van der Waals surface area contributed by atoms with Crippen LogP contribution in [0.3, 0.4) is 0 Å². The second-order valence-electron chi connectivity index (χ2n) is 8.48. The van der Waals surface area contributed by atoms with Crippen molar-refractivity contribution in [2.24, 2.45) is 0 Å². The second kappa shape index (κ2) is 9.16. The first-order valence-corrected chi connectivity index (χ1v) is 11.2. The molecule has 0 radical (unpaired) electrons. The van der Waals surface area contributed by atoms with Crippen molar-refractivity contribution in [3.8, 4) is 22.5 Å². The van der Waals surface area contributed by atoms with Gasteiger partial charge in [-0.1, -0.05) is 0 Å². The van der Waals surface area contributed by atoms with E-state index < -0.39 is 5.97 Å². The molecule has 2 aliphatic rings. The number of carbonyl (C=O) groups is 1. The van der Waals surface area contributed by atoms with Gasteiger partial charge in [0.15, 0.2) is 0 Å². The van der Waals surface area contributed by atoms with Crippen molar-refractivity contribution < 1.29 is 9.90 Å². The first kappa shape index (κ1) is 21.4. The molecular weight excluding hydrogens is 420 g/mol. The summed E-state index contributed by atoms with van der Waals surface area (Å²) in [4.78, 5) is 35.4. The fourth-order valence-electron chi connectivity index (χ4n) is 4.28. The number of aromatic nitrogens is 4. The number of hydrogen-bond donors (Lipinski definition) is 3. The lowest BCUT2D eigenvalue weighted by Crippen LogP contribution is -2.45. The Labute approximate surface area is 192 Å². The molecule has 172 valence electrons. The van der Waals surface area contributed by atoms with Gasteiger partial charge in [-0.3, -0.25) is 4.98 Å². The normalized spacial score (nSPS) is 17.4. The molecule has 3 aromatic rings. The van der Waals surface area contributed by atoms with E-state index >= 15 is 0 Å². The molecule has 2 fully saturated rings. The predicted molar refractivity (Wildman–Crippen MR) is 127 cm³/mol. The van der Waals surface area contributed by atoms with Crippen molar-refractivity contribution >= 4 is 17.7 Å². The molecule has 0 amide bonds. The summed E-state index contributed by atoms with van der Waals surface area (Å²) >= 11 is 0. The lowest BCUT2D eigenvalue weighted by atomic mass is 10.1. The molecule has 0 saturated carbocycles. The minimum Gasteiger partial charge on any atom is -0.478 e. The van der Waals surface area contributed by atoms with Crippen molar-refractivity contribution in [1.82, 2.24) is 30.2 Å². The van der Waals surface area contributed by atoms with Crippen LogP contribution in [0.2, 0.25) is 0 Å². The summed E-state index contributed by atoms with van der Waals surface area (Å²) in [7, 11) is 2.12. The number of nitrogens with zero attached hydrogens (tertiary/aromatic N) is 6. The maximum Gasteiger partial charge on any atom is 0.339 e. The summed E-state index contributed by atoms with van der Waals surface area (Å²) in [5.74, 6) is 0.449. The van der Waals surface area contributed by atoms with Crippen LogP contribution in [0, 0.1) is 0 Å². The number of likely N-dealkylation sites (N-methyl/N-ethyl adjacent to an activating group) is 1. The Hall–Kier alpha value is -3.50. The van der Waals surface area contributed by atoms with Crippen LogP contribution in [-0.2, 0) is 0 Å². The molecule has 0 unspecified atom stereocenters. The standard InChI is InChI=1S/C23H28N8O2/c1-29-8-10-31(11-9-29)23-26-14-17(15-27-23)19-12-16(2-3-25-19)20-13-18(22(32)33)21(28-20)30-6-4-24-5-7-30/h2-3,12-15,24,28H,4-11H2,1H3,(H,32,33). The Balaban J connectivity index is 1.40. The summed E-state index contributed by atoms with van der Waals surface area (Å²) < 4.78 is 0. The Bertz CT molecular complexity index is 1120. The van der Waals surface area contributed by atoms with E-state index in [-0.39, 0.29) is 5.56 Å². The molecule has 0 bridgehead atoms. The van der Waals surface area contributed by atoms with Crippen LogP contribution < -0.4 is 15.1 Å². The summed E-state index contributed by atoms with van der Waals surface area (Å²) in [6.45, 7) is 7.01. The van der Waals surface area contributed by atoms with Gasteiger partial charge in [-0.05, 0) is 25.2 Å². The van der Waals surface area contributed by atoms with Gasteiger partial charge in [-0.2, -0.15) is 0 Å². The number of rotatable bonds is 5. The van der Waals surface area contributed by atoms with E-state index in [0.717, 1.165) is 80.8 Å². The van der Waals surface area contributed by atoms with Crippen LogP contribution in [0.25, 0.3) is 22.5 Å². The molecule has 10 nitrogen and oxygen atoms in total. The van der Waals surface area contributed by atoms with E-state index in [1.807, 2.05) is 12.1 Å². The minimum atomic E-state index is -0.937. The smallest absolute Gasteiger partial charge is 0.339 e. The molecule has 33 heavy (non-hydrogen) atoms. The number of pyridine rings is 1. The van der Waals surface area contributed by atoms with Gasteiger partial charge in [0, 0.05) is 87.8 Å². The monoisotopic (exact) mass is 448 g/mol. The highest BCUT2D eigenvalue weighted by Gasteiger charge is 2.22. The van der Waals surface area contributed by atoms with Crippen molar-refractivity contribution in [3.05, 3.63) is 42.4 Å². The first-order chi connectivity index (χ1) is 16.1. The van der Waals surface area contributed by atoms with Gasteiger partial charge >= 0.3 is 5.97 Å². The molecule has 0 aliphatic carbocycles. The Kier molecular flexibility index (Phi) is 5.93. The third kappa shape index (κ3) is 4.53. The molecule has 3 aromatic heterocycles. The number of nitrogens with one attached hydrogen (secondary N) is 2. The van der Waals surface area contributed by atoms with Crippen molar-refractivity contribution in [1.29, 1.82) is 0 Å². The van der Waals surface area contributed by atoms with Gasteiger partial charge in [0.05, 0.1) is 5.69 Å². The third-order valence-corrected chi connectivity index (χ3v) is 6.25. The molecule has 0 aromatic carbocycles. The number of anilines is 2. The summed E-state index contributed by atoms with van der Waals surface area (Å²) in [6, 6.07) is 5.51. The fourth-order valence-corrected chi connectivity index (χ4v) is 4.28. The maximum absolute atomic E-state index is 11.9. The Morgan fingerprint density at radius 2 is 1.67 bits per heavy atom. The van der Waals surface area contributed by atoms with E-state index in [1.54, 1.807) is 24.7 Å². The number of carboxylic acid groups (broad SMARTS) is 1. The number of piperazine rings is 2. The van der Waals surface area contributed by atoms with E-state index in [0.29, 0.717) is 5.82 Å². The van der Waals surface area contributed by atoms with Crippen LogP contribution in [0.4, 0.5) is 11.8 Å². The summed E-state index contributed by atoms with van der Waals surface area (Å²) in [5.41, 5.74) is 3.46. The minimum absolute atomic E-state index is 0.283. The number of aromatic amines is 1. The van der Waals surface area contributed by atoms with Crippen molar-refractivity contribution in [2.45, 2.75) is 0 Å². The van der Waals surface area contributed by atoms with E-state index in [4.69, 9.17) is 0 Å². The number of H-pyrrole nitrogens is 1. The topological polar surface area (TPSA) is 114 Å². The van der Waals surface area contributed by atoms with E-state index in [2.05, 4.69) is 47.0 Å².